The van der Waals surface area contributed by atoms with Crippen LogP contribution in [-0.4, -0.2) is 108 Å². The number of unbranched alkanes of at least 4 members (excludes halogenated alkanes) is 6. The maximum absolute atomic E-state index is 13.1. The number of fused-ring (bicyclic) bond motifs is 1. The Bertz CT molecular complexity index is 1840. The highest BCUT2D eigenvalue weighted by Crippen LogP contribution is 2.36. The van der Waals surface area contributed by atoms with E-state index in [9.17, 15) is 45.5 Å². The molecule has 2 aliphatic rings. The van der Waals surface area contributed by atoms with Gasteiger partial charge in [-0.1, -0.05) is 43.4 Å². The molecule has 55 heavy (non-hydrogen) atoms. The van der Waals surface area contributed by atoms with Gasteiger partial charge in [0.15, 0.2) is 5.75 Å². The fraction of sp³-hybridized carbons (Fsp3) is 0.629. The first-order valence-corrected chi connectivity index (χ1v) is 19.8. The van der Waals surface area contributed by atoms with Crippen molar-refractivity contribution in [1.29, 1.82) is 0 Å². The molecule has 2 saturated heterocycles. The number of ether oxygens (including phenoxy) is 3. The summed E-state index contributed by atoms with van der Waals surface area (Å²) in [5, 5.41) is 5.65. The number of carbonyl (C=O) groups is 3. The number of aromatic amines is 1. The van der Waals surface area contributed by atoms with Crippen molar-refractivity contribution in [3.8, 4) is 5.75 Å². The Morgan fingerprint density at radius 1 is 0.982 bits per heavy atom. The van der Waals surface area contributed by atoms with E-state index >= 15 is 0 Å². The van der Waals surface area contributed by atoms with Crippen molar-refractivity contribution in [2.45, 2.75) is 88.8 Å². The second-order valence-corrected chi connectivity index (χ2v) is 15.7. The third-order valence-corrected chi connectivity index (χ3v) is 11.3. The molecule has 1 aromatic carbocycles. The Hall–Kier alpha value is -3.59. The smallest absolute Gasteiger partial charge is 0.449 e. The number of piperidine rings is 1. The van der Waals surface area contributed by atoms with E-state index in [0.717, 1.165) is 88.1 Å². The third kappa shape index (κ3) is 11.7. The van der Waals surface area contributed by atoms with Crippen LogP contribution in [0.15, 0.2) is 22.3 Å². The first-order chi connectivity index (χ1) is 26.0. The Kier molecular flexibility index (Phi) is 14.4. The number of hydrogen-bond donors (Lipinski definition) is 2. The molecule has 0 radical (unpaired) electrons. The zero-order valence-corrected chi connectivity index (χ0v) is 31.7. The predicted molar refractivity (Wildman–Crippen MR) is 191 cm³/mol. The Morgan fingerprint density at radius 3 is 2.31 bits per heavy atom. The summed E-state index contributed by atoms with van der Waals surface area (Å²) < 4.78 is 92.8. The number of aromatic nitrogens is 2. The maximum atomic E-state index is 13.1. The molecule has 3 aromatic rings. The van der Waals surface area contributed by atoms with Gasteiger partial charge in [0, 0.05) is 37.1 Å². The Labute approximate surface area is 320 Å². The van der Waals surface area contributed by atoms with Crippen LogP contribution in [0.2, 0.25) is 0 Å². The molecule has 2 aliphatic heterocycles. The Morgan fingerprint density at radius 2 is 1.65 bits per heavy atom. The molecule has 12 nitrogen and oxygen atoms in total. The highest BCUT2D eigenvalue weighted by molar-refractivity contribution is 7.16. The van der Waals surface area contributed by atoms with Crippen molar-refractivity contribution >= 4 is 50.7 Å². The lowest BCUT2D eigenvalue weighted by Gasteiger charge is -2.47. The number of hydrogen-bond acceptors (Lipinski definition) is 12. The molecular weight excluding hydrogens is 781 g/mol. The summed E-state index contributed by atoms with van der Waals surface area (Å²) in [4.78, 5) is 58.3. The minimum absolute atomic E-state index is 0.0321. The van der Waals surface area contributed by atoms with Gasteiger partial charge in [0.05, 0.1) is 28.5 Å². The second kappa shape index (κ2) is 18.6. The first kappa shape index (κ1) is 42.6. The van der Waals surface area contributed by atoms with Gasteiger partial charge in [-0.05, 0) is 57.8 Å². The predicted octanol–water partition coefficient (Wildman–Crippen LogP) is 6.30. The van der Waals surface area contributed by atoms with E-state index in [0.29, 0.717) is 49.7 Å². The van der Waals surface area contributed by atoms with Crippen molar-refractivity contribution < 1.29 is 54.9 Å². The van der Waals surface area contributed by atoms with E-state index in [4.69, 9.17) is 9.47 Å². The number of aryl methyl sites for hydroxylation is 1. The third-order valence-electron chi connectivity index (χ3n) is 9.63. The van der Waals surface area contributed by atoms with Gasteiger partial charge in [0.2, 0.25) is 0 Å². The van der Waals surface area contributed by atoms with E-state index in [-0.39, 0.29) is 33.8 Å². The summed E-state index contributed by atoms with van der Waals surface area (Å²) in [6, 6.07) is 1.94. The van der Waals surface area contributed by atoms with Crippen LogP contribution in [0.4, 0.5) is 26.3 Å². The number of alkyl halides is 6. The number of thiazole rings is 2. The number of benzene rings is 1. The molecule has 0 aliphatic carbocycles. The van der Waals surface area contributed by atoms with Crippen LogP contribution < -0.4 is 14.9 Å². The number of carbonyl (C=O) groups excluding carboxylic acids is 3. The summed E-state index contributed by atoms with van der Waals surface area (Å²) in [6.07, 6.45) is -3.78. The maximum Gasteiger partial charge on any atom is 0.491 e. The molecule has 2 fully saturated rings. The van der Waals surface area contributed by atoms with Crippen molar-refractivity contribution in [1.82, 2.24) is 25.1 Å². The highest BCUT2D eigenvalue weighted by atomic mass is 32.1. The largest absolute Gasteiger partial charge is 0.491 e. The molecule has 304 valence electrons. The lowest BCUT2D eigenvalue weighted by Crippen LogP contribution is -2.58. The van der Waals surface area contributed by atoms with Crippen molar-refractivity contribution in [2.75, 3.05) is 52.4 Å². The number of H-pyrrole nitrogens is 1. The van der Waals surface area contributed by atoms with Crippen LogP contribution in [0.3, 0.4) is 0 Å². The van der Waals surface area contributed by atoms with Crippen LogP contribution in [0, 0.1) is 6.92 Å². The van der Waals surface area contributed by atoms with Gasteiger partial charge in [0.25, 0.3) is 5.91 Å². The lowest BCUT2D eigenvalue weighted by molar-refractivity contribution is -0.205. The van der Waals surface area contributed by atoms with Gasteiger partial charge in [-0.2, -0.15) is 26.3 Å². The number of nitrogens with one attached hydrogen (secondary N) is 2. The van der Waals surface area contributed by atoms with Crippen molar-refractivity contribution in [2.24, 2.45) is 0 Å². The fourth-order valence-electron chi connectivity index (χ4n) is 6.77. The fourth-order valence-corrected chi connectivity index (χ4v) is 8.26. The molecular formula is C35H43F6N5O7S2. The molecule has 2 N–H and O–H groups in total. The lowest BCUT2D eigenvalue weighted by atomic mass is 9.89. The molecule has 0 saturated carbocycles. The normalized spacial score (nSPS) is 17.1. The van der Waals surface area contributed by atoms with E-state index in [2.05, 4.69) is 24.9 Å². The van der Waals surface area contributed by atoms with Crippen molar-refractivity contribution in [3.63, 3.8) is 0 Å². The van der Waals surface area contributed by atoms with E-state index in [1.165, 1.54) is 11.3 Å². The molecule has 1 amide bonds. The van der Waals surface area contributed by atoms with E-state index in [1.54, 1.807) is 0 Å². The van der Waals surface area contributed by atoms with Gasteiger partial charge in [-0.15, -0.1) is 11.3 Å². The van der Waals surface area contributed by atoms with Gasteiger partial charge in [-0.25, -0.2) is 14.6 Å². The van der Waals surface area contributed by atoms with Gasteiger partial charge in [-0.3, -0.25) is 9.59 Å². The molecule has 1 atom stereocenters. The standard InChI is InChI=1S/C35H43F6N5O7S2/c1-22-43-24(20-54-22)29(47)46-17-18-51-33(21-46)11-15-45(16-12-33)14-8-6-4-2-3-5-7-13-42-19-26(53-31(49)35(39,40)41)23-9-10-25(52-30(48)34(36,37)38)27-28(23)55-32(50)44-27/h9-10,20,26,42H,2-8,11-19,21H2,1H3,(H,44,50)/t26-/m0/s1. The molecule has 4 heterocycles. The Balaban J connectivity index is 0.991. The van der Waals surface area contributed by atoms with E-state index < -0.39 is 41.0 Å². The first-order valence-electron chi connectivity index (χ1n) is 18.1. The molecule has 0 unspecified atom stereocenters. The molecule has 20 heteroatoms. The number of esters is 2. The monoisotopic (exact) mass is 823 g/mol. The number of morpholine rings is 1. The number of amides is 1. The quantitative estimate of drug-likeness (QED) is 0.0732. The number of halogens is 6. The van der Waals surface area contributed by atoms with E-state index in [1.807, 2.05) is 17.2 Å². The zero-order valence-electron chi connectivity index (χ0n) is 30.1. The minimum Gasteiger partial charge on any atom is -0.449 e. The number of likely N-dealkylation sites (tertiary alicyclic amines) is 1. The summed E-state index contributed by atoms with van der Waals surface area (Å²) in [5.41, 5.74) is -0.230. The summed E-state index contributed by atoms with van der Waals surface area (Å²) in [6.45, 7) is 6.50. The van der Waals surface area contributed by atoms with Crippen LogP contribution in [0.5, 0.6) is 5.75 Å². The molecule has 0 bridgehead atoms. The SMILES string of the molecule is Cc1nc(C(=O)N2CCOC3(CCN(CCCCCCCCCNC[C@H](OC(=O)C(F)(F)F)c4ccc(OC(=O)C(F)(F)F)c5[nH]c(=O)sc45)CC3)C2)cs1. The van der Waals surface area contributed by atoms with Crippen LogP contribution >= 0.6 is 22.7 Å². The van der Waals surface area contributed by atoms with Gasteiger partial charge >= 0.3 is 29.2 Å². The number of rotatable bonds is 16. The average Bonchev–Trinajstić information content (AvgIpc) is 3.75. The summed E-state index contributed by atoms with van der Waals surface area (Å²) >= 11 is 1.93. The van der Waals surface area contributed by atoms with Crippen LogP contribution in [-0.2, 0) is 19.1 Å². The van der Waals surface area contributed by atoms with Gasteiger partial charge in [0.1, 0.15) is 17.3 Å². The summed E-state index contributed by atoms with van der Waals surface area (Å²) in [7, 11) is 0. The molecule has 2 aromatic heterocycles. The minimum atomic E-state index is -5.34. The molecule has 1 spiro atoms. The average molecular weight is 824 g/mol. The zero-order chi connectivity index (χ0) is 39.8. The van der Waals surface area contributed by atoms with Gasteiger partial charge < -0.3 is 34.3 Å². The second-order valence-electron chi connectivity index (χ2n) is 13.7. The number of nitrogens with zero attached hydrogens (tertiary/aromatic N) is 3. The highest BCUT2D eigenvalue weighted by Gasteiger charge is 2.44. The summed E-state index contributed by atoms with van der Waals surface area (Å²) in [5.74, 6) is -5.72. The van der Waals surface area contributed by atoms with Crippen LogP contribution in [0.25, 0.3) is 10.2 Å². The van der Waals surface area contributed by atoms with Crippen molar-refractivity contribution in [3.05, 3.63) is 43.4 Å². The topological polar surface area (TPSA) is 143 Å². The van der Waals surface area contributed by atoms with Crippen LogP contribution in [0.1, 0.15) is 85.0 Å². The molecule has 5 rings (SSSR count).